The highest BCUT2D eigenvalue weighted by atomic mass is 32.2. The Labute approximate surface area is 172 Å². The SMILES string of the molecule is CC(C)(C)c1ccc(Oc2cccc(CCCC(O[PH](=O)O)S(=O)(=O)O)c2)cc1. The molecule has 0 spiro atoms. The molecule has 2 unspecified atom stereocenters. The number of rotatable bonds is 9. The van der Waals surface area contributed by atoms with Gasteiger partial charge >= 0.3 is 8.25 Å². The molecule has 29 heavy (non-hydrogen) atoms. The largest absolute Gasteiger partial charge is 0.457 e. The lowest BCUT2D eigenvalue weighted by molar-refractivity contribution is 0.225. The molecule has 0 heterocycles. The summed E-state index contributed by atoms with van der Waals surface area (Å²) in [5, 5.41) is 0. The van der Waals surface area contributed by atoms with E-state index >= 15 is 0 Å². The number of aryl methyl sites for hydroxylation is 1. The molecule has 0 aromatic heterocycles. The van der Waals surface area contributed by atoms with Crippen molar-refractivity contribution in [2.24, 2.45) is 0 Å². The predicted octanol–water partition coefficient (Wildman–Crippen LogP) is 4.71. The van der Waals surface area contributed by atoms with Crippen molar-refractivity contribution in [3.05, 3.63) is 59.7 Å². The number of hydrogen-bond donors (Lipinski definition) is 2. The van der Waals surface area contributed by atoms with Crippen molar-refractivity contribution in [1.29, 1.82) is 0 Å². The molecule has 2 atom stereocenters. The molecule has 2 aromatic carbocycles. The lowest BCUT2D eigenvalue weighted by Gasteiger charge is -2.19. The molecule has 0 aliphatic rings. The van der Waals surface area contributed by atoms with Crippen LogP contribution in [0.1, 0.15) is 44.7 Å². The Balaban J connectivity index is 1.98. The molecule has 0 bridgehead atoms. The van der Waals surface area contributed by atoms with E-state index in [2.05, 4.69) is 25.3 Å². The summed E-state index contributed by atoms with van der Waals surface area (Å²) in [6.07, 6.45) is 0.723. The van der Waals surface area contributed by atoms with Crippen molar-refractivity contribution < 1.29 is 31.7 Å². The third-order valence-electron chi connectivity index (χ3n) is 4.32. The molecule has 2 rings (SSSR count). The van der Waals surface area contributed by atoms with Gasteiger partial charge < -0.3 is 9.63 Å². The Morgan fingerprint density at radius 2 is 1.72 bits per heavy atom. The Bertz CT molecular complexity index is 934. The molecular formula is C20H27O7PS. The van der Waals surface area contributed by atoms with E-state index < -0.39 is 23.8 Å². The second-order valence-electron chi connectivity index (χ2n) is 7.74. The van der Waals surface area contributed by atoms with Crippen LogP contribution in [0.3, 0.4) is 0 Å². The molecule has 0 fully saturated rings. The van der Waals surface area contributed by atoms with Gasteiger partial charge in [-0.2, -0.15) is 8.42 Å². The molecule has 7 nitrogen and oxygen atoms in total. The summed E-state index contributed by atoms with van der Waals surface area (Å²) in [6.45, 7) is 6.43. The average molecular weight is 442 g/mol. The van der Waals surface area contributed by atoms with Gasteiger partial charge in [-0.05, 0) is 60.1 Å². The zero-order chi connectivity index (χ0) is 21.7. The van der Waals surface area contributed by atoms with Crippen LogP contribution in [0, 0.1) is 0 Å². The topological polar surface area (TPSA) is 110 Å². The Morgan fingerprint density at radius 3 is 2.28 bits per heavy atom. The van der Waals surface area contributed by atoms with Crippen LogP contribution in [0.25, 0.3) is 0 Å². The fourth-order valence-electron chi connectivity index (χ4n) is 2.78. The van der Waals surface area contributed by atoms with Gasteiger partial charge in [-0.15, -0.1) is 0 Å². The first-order valence-corrected chi connectivity index (χ1v) is 11.9. The second-order valence-corrected chi connectivity index (χ2v) is 10.1. The first-order chi connectivity index (χ1) is 13.4. The molecular weight excluding hydrogens is 415 g/mol. The molecule has 160 valence electrons. The summed E-state index contributed by atoms with van der Waals surface area (Å²) < 4.78 is 52.6. The number of benzene rings is 2. The van der Waals surface area contributed by atoms with Crippen molar-refractivity contribution in [3.8, 4) is 11.5 Å². The van der Waals surface area contributed by atoms with Crippen molar-refractivity contribution >= 4 is 18.4 Å². The van der Waals surface area contributed by atoms with Gasteiger partial charge in [-0.25, -0.2) is 0 Å². The number of hydrogen-bond acceptors (Lipinski definition) is 5. The molecule has 0 aliphatic carbocycles. The van der Waals surface area contributed by atoms with Gasteiger partial charge in [0.15, 0.2) is 5.44 Å². The highest BCUT2D eigenvalue weighted by Gasteiger charge is 2.25. The van der Waals surface area contributed by atoms with Crippen molar-refractivity contribution in [2.45, 2.75) is 50.9 Å². The minimum absolute atomic E-state index is 0.0615. The first kappa shape index (κ1) is 23.6. The predicted molar refractivity (Wildman–Crippen MR) is 112 cm³/mol. The summed E-state index contributed by atoms with van der Waals surface area (Å²) >= 11 is 0. The fraction of sp³-hybridized carbons (Fsp3) is 0.400. The van der Waals surface area contributed by atoms with Gasteiger partial charge in [-0.3, -0.25) is 13.6 Å². The molecule has 0 radical (unpaired) electrons. The minimum atomic E-state index is -4.56. The van der Waals surface area contributed by atoms with E-state index in [4.69, 9.17) is 14.2 Å². The van der Waals surface area contributed by atoms with Crippen LogP contribution in [0.5, 0.6) is 11.5 Å². The van der Waals surface area contributed by atoms with Crippen LogP contribution in [0.2, 0.25) is 0 Å². The maximum Gasteiger partial charge on any atom is 0.317 e. The van der Waals surface area contributed by atoms with Gasteiger partial charge in [0.05, 0.1) is 0 Å². The average Bonchev–Trinajstić information content (AvgIpc) is 2.60. The molecule has 2 aromatic rings. The quantitative estimate of drug-likeness (QED) is 0.427. The normalized spacial score (nSPS) is 14.4. The molecule has 2 N–H and O–H groups in total. The first-order valence-electron chi connectivity index (χ1n) is 9.18. The van der Waals surface area contributed by atoms with E-state index in [1.165, 1.54) is 5.56 Å². The van der Waals surface area contributed by atoms with Crippen LogP contribution >= 0.6 is 8.25 Å². The lowest BCUT2D eigenvalue weighted by Crippen LogP contribution is -2.21. The highest BCUT2D eigenvalue weighted by Crippen LogP contribution is 2.28. The molecule has 0 saturated carbocycles. The number of ether oxygens (including phenoxy) is 1. The van der Waals surface area contributed by atoms with Crippen molar-refractivity contribution in [3.63, 3.8) is 0 Å². The minimum Gasteiger partial charge on any atom is -0.457 e. The summed E-state index contributed by atoms with van der Waals surface area (Å²) in [5.41, 5.74) is 0.463. The zero-order valence-corrected chi connectivity index (χ0v) is 18.5. The smallest absolute Gasteiger partial charge is 0.317 e. The maximum absolute atomic E-state index is 11.2. The van der Waals surface area contributed by atoms with Crippen molar-refractivity contribution in [2.75, 3.05) is 0 Å². The van der Waals surface area contributed by atoms with E-state index in [0.717, 1.165) is 5.56 Å². The van der Waals surface area contributed by atoms with Gasteiger partial charge in [0, 0.05) is 0 Å². The molecule has 9 heteroatoms. The van der Waals surface area contributed by atoms with Crippen molar-refractivity contribution in [1.82, 2.24) is 0 Å². The van der Waals surface area contributed by atoms with E-state index in [1.807, 2.05) is 48.5 Å². The summed E-state index contributed by atoms with van der Waals surface area (Å²) in [4.78, 5) is 8.77. The Morgan fingerprint density at radius 1 is 1.07 bits per heavy atom. The molecule has 0 aliphatic heterocycles. The van der Waals surface area contributed by atoms with E-state index in [-0.39, 0.29) is 11.8 Å². The van der Waals surface area contributed by atoms with Crippen LogP contribution in [0.4, 0.5) is 0 Å². The maximum atomic E-state index is 11.2. The van der Waals surface area contributed by atoms with E-state index in [1.54, 1.807) is 0 Å². The summed E-state index contributed by atoms with van der Waals surface area (Å²) in [5.74, 6) is 1.36. The molecule has 0 amide bonds. The van der Waals surface area contributed by atoms with Crippen LogP contribution in [0.15, 0.2) is 48.5 Å². The summed E-state index contributed by atoms with van der Waals surface area (Å²) in [6, 6.07) is 15.3. The van der Waals surface area contributed by atoms with Gasteiger partial charge in [0.2, 0.25) is 0 Å². The zero-order valence-electron chi connectivity index (χ0n) is 16.7. The third-order valence-corrected chi connectivity index (χ3v) is 5.98. The molecule has 0 saturated heterocycles. The Kier molecular flexibility index (Phi) is 8.02. The van der Waals surface area contributed by atoms with E-state index in [9.17, 15) is 13.0 Å². The fourth-order valence-corrected chi connectivity index (χ4v) is 4.32. The third kappa shape index (κ3) is 7.91. The monoisotopic (exact) mass is 442 g/mol. The lowest BCUT2D eigenvalue weighted by atomic mass is 9.87. The second kappa shape index (κ2) is 9.87. The van der Waals surface area contributed by atoms with Gasteiger partial charge in [0.25, 0.3) is 10.1 Å². The van der Waals surface area contributed by atoms with Crippen LogP contribution in [-0.2, 0) is 31.0 Å². The van der Waals surface area contributed by atoms with Gasteiger partial charge in [-0.1, -0.05) is 45.0 Å². The van der Waals surface area contributed by atoms with E-state index in [0.29, 0.717) is 24.3 Å². The van der Waals surface area contributed by atoms with Gasteiger partial charge in [0.1, 0.15) is 11.5 Å². The van der Waals surface area contributed by atoms with Crippen LogP contribution in [-0.4, -0.2) is 23.3 Å². The highest BCUT2D eigenvalue weighted by molar-refractivity contribution is 7.86. The van der Waals surface area contributed by atoms with Crippen LogP contribution < -0.4 is 4.74 Å². The Hall–Kier alpha value is -1.70. The summed E-state index contributed by atoms with van der Waals surface area (Å²) in [7, 11) is -8.03. The standard InChI is InChI=1S/C20H27O7PS/c1-20(2,3)16-10-12-17(13-11-16)26-18-8-4-6-15(14-18)7-5-9-19(27-28(21)22)29(23,24)25/h4,6,8,10-14,19,28H,5,7,9H2,1-3H3,(H,21,22)(H,23,24,25).